The molecule has 17 heavy (non-hydrogen) atoms. The Bertz CT molecular complexity index is 483. The Hall–Kier alpha value is -0.950. The summed E-state index contributed by atoms with van der Waals surface area (Å²) >= 11 is 0. The molecular formula is C11H15NO4S. The molecule has 1 aliphatic heterocycles. The monoisotopic (exact) mass is 257 g/mol. The number of ether oxygens (including phenoxy) is 1. The summed E-state index contributed by atoms with van der Waals surface area (Å²) < 4.78 is 33.9. The predicted octanol–water partition coefficient (Wildman–Crippen LogP) is 0.774. The predicted molar refractivity (Wildman–Crippen MR) is 61.8 cm³/mol. The zero-order chi connectivity index (χ0) is 12.5. The summed E-state index contributed by atoms with van der Waals surface area (Å²) in [7, 11) is -3.80. The van der Waals surface area contributed by atoms with Crippen molar-refractivity contribution in [2.45, 2.75) is 30.6 Å². The van der Waals surface area contributed by atoms with Gasteiger partial charge < -0.3 is 10.5 Å². The molecule has 2 N–H and O–H groups in total. The Morgan fingerprint density at radius 2 is 2.00 bits per heavy atom. The van der Waals surface area contributed by atoms with E-state index in [1.165, 1.54) is 12.1 Å². The third-order valence-corrected chi connectivity index (χ3v) is 3.91. The third-order valence-electron chi connectivity index (χ3n) is 2.61. The first-order valence-corrected chi connectivity index (χ1v) is 6.77. The molecule has 1 aliphatic rings. The van der Waals surface area contributed by atoms with Gasteiger partial charge in [-0.15, -0.1) is 0 Å². The van der Waals surface area contributed by atoms with Crippen LogP contribution in [-0.2, 0) is 19.0 Å². The average Bonchev–Trinajstić information content (AvgIpc) is 2.64. The average molecular weight is 257 g/mol. The normalized spacial score (nSPS) is 25.1. The van der Waals surface area contributed by atoms with Crippen LogP contribution in [0.15, 0.2) is 29.2 Å². The van der Waals surface area contributed by atoms with Crippen LogP contribution in [0.3, 0.4) is 0 Å². The van der Waals surface area contributed by atoms with Gasteiger partial charge in [0, 0.05) is 0 Å². The molecule has 0 spiro atoms. The second-order valence-corrected chi connectivity index (χ2v) is 5.63. The number of benzene rings is 1. The number of nitrogens with two attached hydrogens (primary N) is 1. The molecule has 0 aromatic heterocycles. The molecule has 1 aromatic carbocycles. The van der Waals surface area contributed by atoms with Gasteiger partial charge in [-0.1, -0.05) is 17.7 Å². The molecule has 2 atom stereocenters. The Morgan fingerprint density at radius 1 is 1.35 bits per heavy atom. The van der Waals surface area contributed by atoms with E-state index in [2.05, 4.69) is 0 Å². The van der Waals surface area contributed by atoms with Gasteiger partial charge in [0.25, 0.3) is 10.1 Å². The summed E-state index contributed by atoms with van der Waals surface area (Å²) in [5, 5.41) is 0. The maximum atomic E-state index is 11.9. The Labute approximate surface area is 101 Å². The quantitative estimate of drug-likeness (QED) is 0.809. The van der Waals surface area contributed by atoms with Crippen molar-refractivity contribution >= 4 is 10.1 Å². The van der Waals surface area contributed by atoms with E-state index in [0.29, 0.717) is 13.0 Å². The zero-order valence-corrected chi connectivity index (χ0v) is 10.3. The molecule has 1 unspecified atom stereocenters. The fourth-order valence-electron chi connectivity index (χ4n) is 1.56. The number of aryl methyl sites for hydroxylation is 1. The molecule has 0 bridgehead atoms. The number of hydrogen-bond acceptors (Lipinski definition) is 5. The maximum Gasteiger partial charge on any atom is 0.299 e. The van der Waals surface area contributed by atoms with E-state index in [9.17, 15) is 8.42 Å². The molecule has 6 heteroatoms. The molecule has 0 saturated carbocycles. The van der Waals surface area contributed by atoms with Crippen LogP contribution in [-0.4, -0.2) is 27.4 Å². The first kappa shape index (κ1) is 12.5. The van der Waals surface area contributed by atoms with Crippen molar-refractivity contribution in [1.29, 1.82) is 0 Å². The van der Waals surface area contributed by atoms with Crippen LogP contribution in [0.4, 0.5) is 0 Å². The Kier molecular flexibility index (Phi) is 3.48. The summed E-state index contributed by atoms with van der Waals surface area (Å²) in [4.78, 5) is 0.116. The molecule has 1 aromatic rings. The van der Waals surface area contributed by atoms with Crippen molar-refractivity contribution in [3.63, 3.8) is 0 Å². The fourth-order valence-corrected chi connectivity index (χ4v) is 2.59. The first-order chi connectivity index (χ1) is 7.99. The van der Waals surface area contributed by atoms with E-state index in [-0.39, 0.29) is 4.90 Å². The van der Waals surface area contributed by atoms with Crippen molar-refractivity contribution in [3.05, 3.63) is 29.8 Å². The maximum absolute atomic E-state index is 11.9. The molecule has 94 valence electrons. The highest BCUT2D eigenvalue weighted by Crippen LogP contribution is 2.20. The van der Waals surface area contributed by atoms with Crippen LogP contribution in [0, 0.1) is 6.92 Å². The van der Waals surface area contributed by atoms with Crippen LogP contribution in [0.25, 0.3) is 0 Å². The largest absolute Gasteiger partial charge is 0.350 e. The van der Waals surface area contributed by atoms with Crippen molar-refractivity contribution in [2.24, 2.45) is 5.73 Å². The lowest BCUT2D eigenvalue weighted by Crippen LogP contribution is -2.34. The van der Waals surface area contributed by atoms with Gasteiger partial charge in [-0.2, -0.15) is 8.42 Å². The summed E-state index contributed by atoms with van der Waals surface area (Å²) in [6, 6.07) is 6.04. The number of hydrogen-bond donors (Lipinski definition) is 1. The van der Waals surface area contributed by atoms with Gasteiger partial charge >= 0.3 is 0 Å². The molecule has 0 aliphatic carbocycles. The van der Waals surface area contributed by atoms with Crippen LogP contribution >= 0.6 is 0 Å². The van der Waals surface area contributed by atoms with Crippen molar-refractivity contribution in [3.8, 4) is 0 Å². The molecule has 0 amide bonds. The van der Waals surface area contributed by atoms with E-state index in [4.69, 9.17) is 14.7 Å². The molecule has 5 nitrogen and oxygen atoms in total. The van der Waals surface area contributed by atoms with Crippen molar-refractivity contribution in [2.75, 3.05) is 6.61 Å². The van der Waals surface area contributed by atoms with Gasteiger partial charge in [-0.25, -0.2) is 4.18 Å². The first-order valence-electron chi connectivity index (χ1n) is 5.36. The third kappa shape index (κ3) is 2.84. The van der Waals surface area contributed by atoms with Gasteiger partial charge in [-0.05, 0) is 25.5 Å². The topological polar surface area (TPSA) is 78.6 Å². The lowest BCUT2D eigenvalue weighted by molar-refractivity contribution is -0.0419. The van der Waals surface area contributed by atoms with E-state index in [1.807, 2.05) is 6.92 Å². The summed E-state index contributed by atoms with van der Waals surface area (Å²) in [5.41, 5.74) is 6.66. The summed E-state index contributed by atoms with van der Waals surface area (Å²) in [6.45, 7) is 2.31. The van der Waals surface area contributed by atoms with E-state index < -0.39 is 22.4 Å². The molecule has 1 saturated heterocycles. The highest BCUT2D eigenvalue weighted by Gasteiger charge is 2.31. The molecule has 2 rings (SSSR count). The van der Waals surface area contributed by atoms with Crippen LogP contribution in [0.1, 0.15) is 12.0 Å². The Balaban J connectivity index is 2.16. The van der Waals surface area contributed by atoms with Gasteiger partial charge in [-0.3, -0.25) is 0 Å². The summed E-state index contributed by atoms with van der Waals surface area (Å²) in [5.74, 6) is 0. The molecule has 1 heterocycles. The van der Waals surface area contributed by atoms with Gasteiger partial charge in [0.1, 0.15) is 0 Å². The van der Waals surface area contributed by atoms with E-state index in [0.717, 1.165) is 5.56 Å². The zero-order valence-electron chi connectivity index (χ0n) is 9.50. The van der Waals surface area contributed by atoms with Crippen molar-refractivity contribution < 1.29 is 17.3 Å². The minimum Gasteiger partial charge on any atom is -0.350 e. The SMILES string of the molecule is Cc1ccc(S(=O)(=O)OC2OCC[C@@H]2N)cc1. The van der Waals surface area contributed by atoms with Crippen LogP contribution < -0.4 is 5.73 Å². The van der Waals surface area contributed by atoms with Crippen molar-refractivity contribution in [1.82, 2.24) is 0 Å². The van der Waals surface area contributed by atoms with Gasteiger partial charge in [0.2, 0.25) is 0 Å². The van der Waals surface area contributed by atoms with Gasteiger partial charge in [0.15, 0.2) is 6.29 Å². The number of rotatable bonds is 3. The standard InChI is InChI=1S/C11H15NO4S/c1-8-2-4-9(5-3-8)17(13,14)16-11-10(12)6-7-15-11/h2-5,10-11H,6-7,12H2,1H3/t10-,11?/m0/s1. The molecule has 1 fully saturated rings. The van der Waals surface area contributed by atoms with E-state index in [1.54, 1.807) is 12.1 Å². The van der Waals surface area contributed by atoms with E-state index >= 15 is 0 Å². The van der Waals surface area contributed by atoms with Gasteiger partial charge in [0.05, 0.1) is 17.5 Å². The lowest BCUT2D eigenvalue weighted by Gasteiger charge is -2.15. The lowest BCUT2D eigenvalue weighted by atomic mass is 10.2. The Morgan fingerprint density at radius 3 is 2.53 bits per heavy atom. The minimum atomic E-state index is -3.80. The minimum absolute atomic E-state index is 0.116. The molecular weight excluding hydrogens is 242 g/mol. The van der Waals surface area contributed by atoms with Crippen LogP contribution in [0.2, 0.25) is 0 Å². The highest BCUT2D eigenvalue weighted by molar-refractivity contribution is 7.86. The summed E-state index contributed by atoms with van der Waals surface area (Å²) in [6.07, 6.45) is -0.269. The van der Waals surface area contributed by atoms with Crippen LogP contribution in [0.5, 0.6) is 0 Å². The highest BCUT2D eigenvalue weighted by atomic mass is 32.2. The molecule has 0 radical (unpaired) electrons. The second-order valence-electron chi connectivity index (χ2n) is 4.06. The smallest absolute Gasteiger partial charge is 0.299 e. The second kappa shape index (κ2) is 4.73. The fraction of sp³-hybridized carbons (Fsp3) is 0.455.